The molecule has 0 aliphatic heterocycles. The molecule has 92 valence electrons. The molecule has 17 heavy (non-hydrogen) atoms. The van der Waals surface area contributed by atoms with Crippen molar-refractivity contribution in [2.45, 2.75) is 0 Å². The largest absolute Gasteiger partial charge is 0.385 e. The quantitative estimate of drug-likeness (QED) is 0.444. The lowest BCUT2D eigenvalue weighted by atomic mass is 10.3. The SMILES string of the molecule is CN(C)C(=O)CON=C(C=O)c1csc(N)n1. The molecular formula is C9H12N4O3S. The molecule has 7 nitrogen and oxygen atoms in total. The van der Waals surface area contributed by atoms with E-state index in [4.69, 9.17) is 10.6 Å². The average Bonchev–Trinajstić information content (AvgIpc) is 2.70. The first kappa shape index (κ1) is 13.1. The van der Waals surface area contributed by atoms with Crippen LogP contribution in [0.3, 0.4) is 0 Å². The van der Waals surface area contributed by atoms with Gasteiger partial charge >= 0.3 is 0 Å². The third-order valence-electron chi connectivity index (χ3n) is 1.75. The van der Waals surface area contributed by atoms with E-state index in [1.807, 2.05) is 0 Å². The Bertz CT molecular complexity index is 441. The smallest absolute Gasteiger partial charge is 0.262 e. The predicted molar refractivity (Wildman–Crippen MR) is 63.8 cm³/mol. The van der Waals surface area contributed by atoms with E-state index < -0.39 is 0 Å². The third-order valence-corrected chi connectivity index (χ3v) is 2.42. The molecule has 8 heteroatoms. The number of anilines is 1. The fourth-order valence-corrected chi connectivity index (χ4v) is 1.38. The van der Waals surface area contributed by atoms with Crippen LogP contribution in [0.1, 0.15) is 5.69 Å². The van der Waals surface area contributed by atoms with Crippen LogP contribution in [0.5, 0.6) is 0 Å². The molecule has 0 aliphatic rings. The topological polar surface area (TPSA) is 97.9 Å². The van der Waals surface area contributed by atoms with E-state index in [0.29, 0.717) is 17.1 Å². The number of nitrogens with two attached hydrogens (primary N) is 1. The van der Waals surface area contributed by atoms with Gasteiger partial charge in [0.05, 0.1) is 0 Å². The van der Waals surface area contributed by atoms with Crippen LogP contribution in [-0.2, 0) is 14.4 Å². The minimum atomic E-state index is -0.253. The van der Waals surface area contributed by atoms with Gasteiger partial charge < -0.3 is 15.5 Å². The van der Waals surface area contributed by atoms with Crippen LogP contribution in [0.2, 0.25) is 0 Å². The zero-order chi connectivity index (χ0) is 12.8. The number of carbonyl (C=O) groups is 2. The van der Waals surface area contributed by atoms with Gasteiger partial charge in [0.2, 0.25) is 0 Å². The maximum absolute atomic E-state index is 11.2. The average molecular weight is 256 g/mol. The summed E-state index contributed by atoms with van der Waals surface area (Å²) in [5.41, 5.74) is 5.76. The van der Waals surface area contributed by atoms with Gasteiger partial charge in [-0.2, -0.15) is 0 Å². The van der Waals surface area contributed by atoms with Crippen molar-refractivity contribution < 1.29 is 14.4 Å². The van der Waals surface area contributed by atoms with Crippen LogP contribution in [-0.4, -0.2) is 48.5 Å². The molecule has 0 saturated heterocycles. The summed E-state index contributed by atoms with van der Waals surface area (Å²) in [6.07, 6.45) is 0.495. The van der Waals surface area contributed by atoms with Crippen LogP contribution in [0, 0.1) is 0 Å². The lowest BCUT2D eigenvalue weighted by Crippen LogP contribution is -2.25. The van der Waals surface area contributed by atoms with Gasteiger partial charge in [0.15, 0.2) is 23.7 Å². The molecule has 0 bridgehead atoms. The molecule has 1 amide bonds. The van der Waals surface area contributed by atoms with Crippen molar-refractivity contribution in [3.63, 3.8) is 0 Å². The van der Waals surface area contributed by atoms with Crippen molar-refractivity contribution in [3.8, 4) is 0 Å². The lowest BCUT2D eigenvalue weighted by molar-refractivity contribution is -0.133. The standard InChI is InChI=1S/C9H12N4O3S/c1-13(2)8(15)4-16-12-6(3-14)7-5-17-9(10)11-7/h3,5H,4H2,1-2H3,(H2,10,11). The molecule has 0 radical (unpaired) electrons. The molecule has 0 saturated carbocycles. The molecule has 2 N–H and O–H groups in total. The van der Waals surface area contributed by atoms with Gasteiger partial charge in [0.25, 0.3) is 5.91 Å². The van der Waals surface area contributed by atoms with Gasteiger partial charge in [-0.15, -0.1) is 11.3 Å². The number of aldehydes is 1. The maximum atomic E-state index is 11.2. The van der Waals surface area contributed by atoms with Crippen molar-refractivity contribution in [2.75, 3.05) is 26.4 Å². The summed E-state index contributed by atoms with van der Waals surface area (Å²) in [6, 6.07) is 0. The molecule has 0 aromatic carbocycles. The van der Waals surface area contributed by atoms with E-state index in [1.54, 1.807) is 19.5 Å². The van der Waals surface area contributed by atoms with Gasteiger partial charge in [-0.25, -0.2) is 4.98 Å². The second-order valence-electron chi connectivity index (χ2n) is 3.23. The van der Waals surface area contributed by atoms with Gasteiger partial charge in [-0.3, -0.25) is 9.59 Å². The molecule has 0 aliphatic carbocycles. The molecule has 0 spiro atoms. The normalized spacial score (nSPS) is 11.1. The van der Waals surface area contributed by atoms with Crippen molar-refractivity contribution in [3.05, 3.63) is 11.1 Å². The summed E-state index contributed by atoms with van der Waals surface area (Å²) >= 11 is 1.19. The first-order chi connectivity index (χ1) is 8.04. The van der Waals surface area contributed by atoms with Crippen LogP contribution in [0.4, 0.5) is 5.13 Å². The number of rotatable bonds is 5. The number of thiazole rings is 1. The summed E-state index contributed by atoms with van der Waals surface area (Å²) in [5, 5.41) is 5.45. The summed E-state index contributed by atoms with van der Waals surface area (Å²) < 4.78 is 0. The highest BCUT2D eigenvalue weighted by Crippen LogP contribution is 2.11. The van der Waals surface area contributed by atoms with E-state index in [-0.39, 0.29) is 18.2 Å². The molecule has 0 fully saturated rings. The molecular weight excluding hydrogens is 244 g/mol. The van der Waals surface area contributed by atoms with Crippen LogP contribution < -0.4 is 5.73 Å². The van der Waals surface area contributed by atoms with Crippen LogP contribution in [0.25, 0.3) is 0 Å². The highest BCUT2D eigenvalue weighted by molar-refractivity contribution is 7.13. The van der Waals surface area contributed by atoms with E-state index in [2.05, 4.69) is 10.1 Å². The molecule has 1 rings (SSSR count). The number of hydrogen-bond acceptors (Lipinski definition) is 7. The summed E-state index contributed by atoms with van der Waals surface area (Å²) in [7, 11) is 3.19. The summed E-state index contributed by atoms with van der Waals surface area (Å²) in [4.78, 5) is 31.9. The number of nitrogens with zero attached hydrogens (tertiary/aromatic N) is 3. The van der Waals surface area contributed by atoms with Gasteiger partial charge in [-0.1, -0.05) is 5.16 Å². The van der Waals surface area contributed by atoms with Crippen molar-refractivity contribution in [1.82, 2.24) is 9.88 Å². The zero-order valence-corrected chi connectivity index (χ0v) is 10.2. The number of nitrogen functional groups attached to an aromatic ring is 1. The Labute approximate surface area is 102 Å². The molecule has 1 heterocycles. The Morgan fingerprint density at radius 2 is 2.41 bits per heavy atom. The maximum Gasteiger partial charge on any atom is 0.262 e. The van der Waals surface area contributed by atoms with Crippen molar-refractivity contribution in [1.29, 1.82) is 0 Å². The van der Waals surface area contributed by atoms with E-state index in [9.17, 15) is 9.59 Å². The van der Waals surface area contributed by atoms with Gasteiger partial charge in [0, 0.05) is 19.5 Å². The minimum absolute atomic E-state index is 0.00417. The monoisotopic (exact) mass is 256 g/mol. The number of carbonyl (C=O) groups excluding carboxylic acids is 2. The second kappa shape index (κ2) is 5.94. The van der Waals surface area contributed by atoms with Gasteiger partial charge in [-0.05, 0) is 0 Å². The Morgan fingerprint density at radius 3 is 2.88 bits per heavy atom. The first-order valence-electron chi connectivity index (χ1n) is 4.61. The van der Waals surface area contributed by atoms with Crippen LogP contribution >= 0.6 is 11.3 Å². The second-order valence-corrected chi connectivity index (χ2v) is 4.12. The van der Waals surface area contributed by atoms with Crippen LogP contribution in [0.15, 0.2) is 10.5 Å². The van der Waals surface area contributed by atoms with Gasteiger partial charge in [0.1, 0.15) is 5.69 Å². The predicted octanol–water partition coefficient (Wildman–Crippen LogP) is -0.267. The Kier molecular flexibility index (Phi) is 4.58. The zero-order valence-electron chi connectivity index (χ0n) is 9.41. The summed E-state index contributed by atoms with van der Waals surface area (Å²) in [5.74, 6) is -0.253. The number of amides is 1. The number of likely N-dealkylation sites (N-methyl/N-ethyl adjacent to an activating group) is 1. The lowest BCUT2D eigenvalue weighted by Gasteiger charge is -2.08. The minimum Gasteiger partial charge on any atom is -0.385 e. The van der Waals surface area contributed by atoms with E-state index in [1.165, 1.54) is 16.2 Å². The van der Waals surface area contributed by atoms with Crippen molar-refractivity contribution in [2.24, 2.45) is 5.16 Å². The fourth-order valence-electron chi connectivity index (χ4n) is 0.820. The Hall–Kier alpha value is -1.96. The number of oxime groups is 1. The number of hydrogen-bond donors (Lipinski definition) is 1. The van der Waals surface area contributed by atoms with Crippen molar-refractivity contribution >= 4 is 34.4 Å². The third kappa shape index (κ3) is 3.83. The fraction of sp³-hybridized carbons (Fsp3) is 0.333. The first-order valence-corrected chi connectivity index (χ1v) is 5.49. The van der Waals surface area contributed by atoms with E-state index in [0.717, 1.165) is 0 Å². The molecule has 1 aromatic rings. The summed E-state index contributed by atoms with van der Waals surface area (Å²) in [6.45, 7) is -0.232. The molecule has 1 aromatic heterocycles. The Morgan fingerprint density at radius 1 is 1.71 bits per heavy atom. The highest BCUT2D eigenvalue weighted by atomic mass is 32.1. The highest BCUT2D eigenvalue weighted by Gasteiger charge is 2.09. The Balaban J connectivity index is 2.63. The molecule has 0 unspecified atom stereocenters. The molecule has 0 atom stereocenters. The number of aromatic nitrogens is 1. The van der Waals surface area contributed by atoms with E-state index >= 15 is 0 Å².